The van der Waals surface area contributed by atoms with E-state index in [9.17, 15) is 14.4 Å². The highest BCUT2D eigenvalue weighted by Gasteiger charge is 2.59. The van der Waals surface area contributed by atoms with E-state index in [1.807, 2.05) is 41.2 Å². The summed E-state index contributed by atoms with van der Waals surface area (Å²) in [6.07, 6.45) is 8.70. The molecule has 176 valence electrons. The number of nitrogens with zero attached hydrogens (tertiary/aromatic N) is 3. The second kappa shape index (κ2) is 8.65. The minimum atomic E-state index is -0.323. The Labute approximate surface area is 203 Å². The number of aromatic nitrogens is 2. The average molecular weight is 467 g/mol. The molecule has 1 N–H and O–H groups in total. The Morgan fingerprint density at radius 2 is 1.66 bits per heavy atom. The molecule has 3 amide bonds. The molecule has 7 heteroatoms. The normalized spacial score (nSPS) is 24.3. The first-order valence-electron chi connectivity index (χ1n) is 12.0. The number of imide groups is 1. The molecule has 1 aromatic heterocycles. The lowest BCUT2D eigenvalue weighted by molar-refractivity contribution is -0.144. The highest BCUT2D eigenvalue weighted by atomic mass is 16.2. The molecule has 4 unspecified atom stereocenters. The average Bonchev–Trinajstić information content (AvgIpc) is 3.67. The summed E-state index contributed by atoms with van der Waals surface area (Å²) in [7, 11) is 0. The van der Waals surface area contributed by atoms with Crippen molar-refractivity contribution < 1.29 is 14.4 Å². The molecule has 4 atom stereocenters. The minimum absolute atomic E-state index is 0.146. The molecule has 0 spiro atoms. The minimum Gasteiger partial charge on any atom is -0.350 e. The molecule has 3 aromatic rings. The molecule has 1 saturated heterocycles. The van der Waals surface area contributed by atoms with Crippen LogP contribution in [0.5, 0.6) is 0 Å². The number of carbonyl (C=O) groups is 3. The van der Waals surface area contributed by atoms with E-state index in [4.69, 9.17) is 0 Å². The molecule has 2 aromatic carbocycles. The molecule has 3 aliphatic rings. The fourth-order valence-electron chi connectivity index (χ4n) is 5.84. The topological polar surface area (TPSA) is 84.3 Å². The van der Waals surface area contributed by atoms with E-state index in [0.717, 1.165) is 28.7 Å². The van der Waals surface area contributed by atoms with Gasteiger partial charge in [-0.2, -0.15) is 5.10 Å². The summed E-state index contributed by atoms with van der Waals surface area (Å²) in [5.74, 6) is -0.967. The van der Waals surface area contributed by atoms with E-state index in [2.05, 4.69) is 46.8 Å². The Bertz CT molecular complexity index is 1280. The number of rotatable bonds is 7. The smallest absolute Gasteiger partial charge is 0.240 e. The largest absolute Gasteiger partial charge is 0.350 e. The molecule has 1 aliphatic heterocycles. The summed E-state index contributed by atoms with van der Waals surface area (Å²) in [6.45, 7) is 0.812. The van der Waals surface area contributed by atoms with E-state index >= 15 is 0 Å². The number of hydrogen-bond donors (Lipinski definition) is 1. The number of hydrogen-bond acceptors (Lipinski definition) is 4. The van der Waals surface area contributed by atoms with Crippen molar-refractivity contribution in [2.75, 3.05) is 6.54 Å². The summed E-state index contributed by atoms with van der Waals surface area (Å²) in [4.78, 5) is 39.6. The van der Waals surface area contributed by atoms with Crippen LogP contribution in [0.15, 0.2) is 79.1 Å². The molecule has 2 bridgehead atoms. The molecule has 35 heavy (non-hydrogen) atoms. The molecule has 2 heterocycles. The molecular weight excluding hydrogens is 440 g/mol. The fraction of sp³-hybridized carbons (Fsp3) is 0.286. The molecule has 2 fully saturated rings. The second-order valence-electron chi connectivity index (χ2n) is 9.60. The standard InChI is InChI=1S/C28H26N4O3/c33-24(17-32-27(34)25-20-10-11-21(14-20)26(25)28(32)35)29-15-22-4-1-2-5-23(22)19-8-6-18(7-9-19)16-31-13-3-12-30-31/h1-13,20-21,25-26H,14-17H2,(H,29,33). The third-order valence-corrected chi connectivity index (χ3v) is 7.53. The van der Waals surface area contributed by atoms with Crippen LogP contribution in [0, 0.1) is 23.7 Å². The van der Waals surface area contributed by atoms with Gasteiger partial charge in [0.2, 0.25) is 17.7 Å². The highest BCUT2D eigenvalue weighted by Crippen LogP contribution is 2.52. The second-order valence-corrected chi connectivity index (χ2v) is 9.60. The number of amides is 3. The van der Waals surface area contributed by atoms with Crippen LogP contribution < -0.4 is 5.32 Å². The van der Waals surface area contributed by atoms with E-state index in [1.54, 1.807) is 6.20 Å². The molecule has 7 nitrogen and oxygen atoms in total. The number of allylic oxidation sites excluding steroid dienone is 2. The van der Waals surface area contributed by atoms with Crippen molar-refractivity contribution in [3.05, 3.63) is 90.3 Å². The van der Waals surface area contributed by atoms with E-state index in [0.29, 0.717) is 13.1 Å². The van der Waals surface area contributed by atoms with Gasteiger partial charge in [0.05, 0.1) is 18.4 Å². The fourth-order valence-corrected chi connectivity index (χ4v) is 5.84. The van der Waals surface area contributed by atoms with Gasteiger partial charge in [0.15, 0.2) is 0 Å². The number of likely N-dealkylation sites (tertiary alicyclic amines) is 1. The first-order valence-corrected chi connectivity index (χ1v) is 12.0. The van der Waals surface area contributed by atoms with E-state index in [-0.39, 0.29) is 47.9 Å². The van der Waals surface area contributed by atoms with Gasteiger partial charge in [0.25, 0.3) is 0 Å². The Kier molecular flexibility index (Phi) is 5.32. The zero-order valence-corrected chi connectivity index (χ0v) is 19.2. The van der Waals surface area contributed by atoms with Crippen molar-refractivity contribution >= 4 is 17.7 Å². The van der Waals surface area contributed by atoms with Crippen LogP contribution in [0.1, 0.15) is 17.5 Å². The Hall–Kier alpha value is -4.00. The van der Waals surface area contributed by atoms with Gasteiger partial charge in [-0.05, 0) is 46.6 Å². The summed E-state index contributed by atoms with van der Waals surface area (Å²) in [5.41, 5.74) is 4.21. The Morgan fingerprint density at radius 3 is 2.34 bits per heavy atom. The van der Waals surface area contributed by atoms with Crippen molar-refractivity contribution in [3.63, 3.8) is 0 Å². The number of benzene rings is 2. The Morgan fingerprint density at radius 1 is 0.943 bits per heavy atom. The predicted octanol–water partition coefficient (Wildman–Crippen LogP) is 3.02. The monoisotopic (exact) mass is 466 g/mol. The van der Waals surface area contributed by atoms with Gasteiger partial charge in [0, 0.05) is 18.9 Å². The van der Waals surface area contributed by atoms with E-state index < -0.39 is 0 Å². The van der Waals surface area contributed by atoms with Crippen LogP contribution in [0.2, 0.25) is 0 Å². The first-order chi connectivity index (χ1) is 17.1. The lowest BCUT2D eigenvalue weighted by Gasteiger charge is -2.17. The van der Waals surface area contributed by atoms with Crippen molar-refractivity contribution in [1.29, 1.82) is 0 Å². The van der Waals surface area contributed by atoms with Gasteiger partial charge in [-0.25, -0.2) is 0 Å². The van der Waals surface area contributed by atoms with Gasteiger partial charge in [-0.3, -0.25) is 24.0 Å². The summed E-state index contributed by atoms with van der Waals surface area (Å²) >= 11 is 0. The van der Waals surface area contributed by atoms with Crippen molar-refractivity contribution in [1.82, 2.24) is 20.0 Å². The van der Waals surface area contributed by atoms with Crippen LogP contribution in [-0.2, 0) is 27.5 Å². The van der Waals surface area contributed by atoms with Gasteiger partial charge in [-0.15, -0.1) is 0 Å². The molecular formula is C28H26N4O3. The number of carbonyl (C=O) groups excluding carboxylic acids is 3. The van der Waals surface area contributed by atoms with Crippen molar-refractivity contribution in [2.45, 2.75) is 19.5 Å². The molecule has 0 radical (unpaired) electrons. The number of fused-ring (bicyclic) bond motifs is 5. The zero-order chi connectivity index (χ0) is 23.9. The summed E-state index contributed by atoms with van der Waals surface area (Å²) < 4.78 is 1.88. The van der Waals surface area contributed by atoms with Gasteiger partial charge in [-0.1, -0.05) is 60.7 Å². The molecule has 1 saturated carbocycles. The zero-order valence-electron chi connectivity index (χ0n) is 19.2. The van der Waals surface area contributed by atoms with Gasteiger partial charge >= 0.3 is 0 Å². The first kappa shape index (κ1) is 21.5. The van der Waals surface area contributed by atoms with Crippen LogP contribution in [0.25, 0.3) is 11.1 Å². The van der Waals surface area contributed by atoms with Gasteiger partial charge in [0.1, 0.15) is 6.54 Å². The third-order valence-electron chi connectivity index (χ3n) is 7.53. The summed E-state index contributed by atoms with van der Waals surface area (Å²) in [5, 5.41) is 7.16. The molecule has 2 aliphatic carbocycles. The predicted molar refractivity (Wildman–Crippen MR) is 129 cm³/mol. The quantitative estimate of drug-likeness (QED) is 0.429. The van der Waals surface area contributed by atoms with Crippen LogP contribution in [0.3, 0.4) is 0 Å². The maximum absolute atomic E-state index is 12.8. The maximum Gasteiger partial charge on any atom is 0.240 e. The van der Waals surface area contributed by atoms with Crippen LogP contribution in [-0.4, -0.2) is 38.9 Å². The summed E-state index contributed by atoms with van der Waals surface area (Å²) in [6, 6.07) is 18.1. The number of nitrogens with one attached hydrogen (secondary N) is 1. The van der Waals surface area contributed by atoms with Crippen molar-refractivity contribution in [3.8, 4) is 11.1 Å². The van der Waals surface area contributed by atoms with Crippen LogP contribution in [0.4, 0.5) is 0 Å². The van der Waals surface area contributed by atoms with Gasteiger partial charge < -0.3 is 5.32 Å². The maximum atomic E-state index is 12.8. The third kappa shape index (κ3) is 3.87. The lowest BCUT2D eigenvalue weighted by atomic mass is 9.85. The van der Waals surface area contributed by atoms with Crippen LogP contribution >= 0.6 is 0 Å². The Balaban J connectivity index is 1.10. The van der Waals surface area contributed by atoms with E-state index in [1.165, 1.54) is 4.90 Å². The molecule has 6 rings (SSSR count). The van der Waals surface area contributed by atoms with Crippen molar-refractivity contribution in [2.24, 2.45) is 23.7 Å². The lowest BCUT2D eigenvalue weighted by Crippen LogP contribution is -2.41. The SMILES string of the molecule is O=C(CN1C(=O)C2C3C=CC(C3)C2C1=O)NCc1ccccc1-c1ccc(Cn2cccn2)cc1. The highest BCUT2D eigenvalue weighted by molar-refractivity contribution is 6.08.